The summed E-state index contributed by atoms with van der Waals surface area (Å²) in [6.07, 6.45) is -3.08. The van der Waals surface area contributed by atoms with Crippen LogP contribution >= 0.6 is 24.4 Å². The molecule has 2 aliphatic heterocycles. The van der Waals surface area contributed by atoms with Gasteiger partial charge in [0.05, 0.1) is 20.5 Å². The second kappa shape index (κ2) is 13.2. The van der Waals surface area contributed by atoms with Crippen LogP contribution < -0.4 is 5.32 Å². The highest BCUT2D eigenvalue weighted by molar-refractivity contribution is 7.80. The van der Waals surface area contributed by atoms with Crippen molar-refractivity contribution in [2.24, 2.45) is 5.92 Å². The van der Waals surface area contributed by atoms with Crippen LogP contribution in [-0.2, 0) is 6.18 Å². The lowest BCUT2D eigenvalue weighted by atomic mass is 9.95. The predicted molar refractivity (Wildman–Crippen MR) is 156 cm³/mol. The summed E-state index contributed by atoms with van der Waals surface area (Å²) in [6, 6.07) is 2.87. The van der Waals surface area contributed by atoms with Gasteiger partial charge < -0.3 is 15.1 Å². The average molecular weight is 636 g/mol. The van der Waals surface area contributed by atoms with Crippen LogP contribution in [0.1, 0.15) is 31.2 Å². The molecule has 2 heterocycles. The molecule has 2 fully saturated rings. The monoisotopic (exact) mass is 635 g/mol. The number of nitro benzene ring substituents is 1. The van der Waals surface area contributed by atoms with Crippen molar-refractivity contribution in [3.8, 4) is 0 Å². The van der Waals surface area contributed by atoms with Crippen LogP contribution in [0.15, 0.2) is 42.0 Å². The van der Waals surface area contributed by atoms with Crippen LogP contribution in [0.5, 0.6) is 0 Å². The van der Waals surface area contributed by atoms with E-state index in [-0.39, 0.29) is 24.1 Å². The minimum Gasteiger partial charge on any atom is -0.382 e. The van der Waals surface area contributed by atoms with E-state index in [2.05, 4.69) is 20.0 Å². The number of halogens is 6. The van der Waals surface area contributed by atoms with Crippen molar-refractivity contribution in [3.05, 3.63) is 57.7 Å². The molecule has 4 rings (SSSR count). The maximum atomic E-state index is 13.3. The zero-order chi connectivity index (χ0) is 30.7. The number of nitrogens with zero attached hydrogens (tertiary/aromatic N) is 4. The van der Waals surface area contributed by atoms with E-state index in [9.17, 15) is 36.5 Å². The number of rotatable bonds is 7. The van der Waals surface area contributed by atoms with Gasteiger partial charge in [0, 0.05) is 75.9 Å². The van der Waals surface area contributed by atoms with Gasteiger partial charge in [0.2, 0.25) is 0 Å². The summed E-state index contributed by atoms with van der Waals surface area (Å²) in [7, 11) is 0. The second-order valence-corrected chi connectivity index (χ2v) is 11.5. The molecule has 0 radical (unpaired) electrons. The number of likely N-dealkylation sites (tertiary alicyclic amines) is 1. The third kappa shape index (κ3) is 8.19. The third-order valence-corrected chi connectivity index (χ3v) is 8.81. The van der Waals surface area contributed by atoms with Gasteiger partial charge in [-0.25, -0.2) is 0 Å². The Morgan fingerprint density at radius 1 is 0.976 bits per heavy atom. The van der Waals surface area contributed by atoms with E-state index in [1.54, 1.807) is 6.08 Å². The average Bonchev–Trinajstić information content (AvgIpc) is 2.95. The van der Waals surface area contributed by atoms with Gasteiger partial charge >= 0.3 is 12.4 Å². The van der Waals surface area contributed by atoms with Gasteiger partial charge in [-0.3, -0.25) is 15.0 Å². The zero-order valence-electron chi connectivity index (χ0n) is 22.6. The summed E-state index contributed by atoms with van der Waals surface area (Å²) in [6.45, 7) is 4.99. The number of alkyl halides is 6. The number of piperazine rings is 1. The van der Waals surface area contributed by atoms with Crippen LogP contribution in [-0.4, -0.2) is 87.6 Å². The minimum absolute atomic E-state index is 0.0851. The fourth-order valence-corrected chi connectivity index (χ4v) is 6.00. The third-order valence-electron chi connectivity index (χ3n) is 7.79. The number of thiocarbonyl (C=S) groups is 2. The molecule has 0 bridgehead atoms. The van der Waals surface area contributed by atoms with E-state index in [1.165, 1.54) is 12.1 Å². The van der Waals surface area contributed by atoms with Gasteiger partial charge in [0.1, 0.15) is 5.56 Å². The molecule has 1 aliphatic carbocycles. The van der Waals surface area contributed by atoms with E-state index in [1.807, 2.05) is 0 Å². The molecular weight excluding hydrogens is 604 g/mol. The molecule has 1 N–H and O–H groups in total. The molecule has 0 amide bonds. The molecule has 3 aliphatic rings. The van der Waals surface area contributed by atoms with E-state index < -0.39 is 34.1 Å². The highest BCUT2D eigenvalue weighted by Crippen LogP contribution is 2.38. The summed E-state index contributed by atoms with van der Waals surface area (Å²) in [4.78, 5) is 17.9. The molecular formula is C27H31F6N5O2S2. The number of benzene rings is 1. The number of anilines is 1. The standard InChI is InChI=1S/C27H31F6N5O2S2/c28-26(29,30)19-3-1-18(2-4-19)25(42)37-15-13-35(14-16-37)10-9-24(41)36-11-7-20(8-12-36)34-21-5-6-23(38(39)40)22(17-21)27(31,32)33/h1,3-6,17-18,20,34H,2,7-16H2. The van der Waals surface area contributed by atoms with Gasteiger partial charge in [-0.1, -0.05) is 42.7 Å². The number of hydrogen-bond donors (Lipinski definition) is 1. The van der Waals surface area contributed by atoms with Crippen LogP contribution in [0.2, 0.25) is 0 Å². The Morgan fingerprint density at radius 2 is 1.64 bits per heavy atom. The Hall–Kier alpha value is -2.78. The number of hydrogen-bond acceptors (Lipinski definition) is 6. The normalized spacial score (nSPS) is 20.8. The lowest BCUT2D eigenvalue weighted by Crippen LogP contribution is -2.50. The summed E-state index contributed by atoms with van der Waals surface area (Å²) < 4.78 is 78.4. The smallest absolute Gasteiger partial charge is 0.382 e. The summed E-state index contributed by atoms with van der Waals surface area (Å²) in [5.74, 6) is -0.213. The largest absolute Gasteiger partial charge is 0.423 e. The Bertz CT molecular complexity index is 1240. The number of allylic oxidation sites excluding steroid dienone is 3. The van der Waals surface area contributed by atoms with Crippen molar-refractivity contribution < 1.29 is 31.3 Å². The molecule has 0 spiro atoms. The molecule has 1 atom stereocenters. The molecule has 1 unspecified atom stereocenters. The van der Waals surface area contributed by atoms with Crippen LogP contribution in [0.25, 0.3) is 0 Å². The molecule has 42 heavy (non-hydrogen) atoms. The number of nitro groups is 1. The molecule has 1 aromatic rings. The van der Waals surface area contributed by atoms with Crippen molar-refractivity contribution in [1.29, 1.82) is 0 Å². The molecule has 0 saturated carbocycles. The number of nitrogens with one attached hydrogen (secondary N) is 1. The van der Waals surface area contributed by atoms with Crippen molar-refractivity contribution in [2.75, 3.05) is 51.1 Å². The Balaban J connectivity index is 1.17. The quantitative estimate of drug-likeness (QED) is 0.164. The van der Waals surface area contributed by atoms with Crippen molar-refractivity contribution in [3.63, 3.8) is 0 Å². The molecule has 15 heteroatoms. The first kappa shape index (κ1) is 32.1. The summed E-state index contributed by atoms with van der Waals surface area (Å²) in [5.41, 5.74) is -2.69. The maximum absolute atomic E-state index is 13.3. The topological polar surface area (TPSA) is 64.9 Å². The van der Waals surface area contributed by atoms with Gasteiger partial charge in [-0.05, 0) is 31.4 Å². The first-order chi connectivity index (χ1) is 19.7. The van der Waals surface area contributed by atoms with Gasteiger partial charge in [0.15, 0.2) is 0 Å². The SMILES string of the molecule is O=[N+]([O-])c1ccc(NC2CCN(C(=S)CCN3CCN(C(=S)C4C=CC(C(F)(F)F)=CC4)CC3)CC2)cc1C(F)(F)F. The van der Waals surface area contributed by atoms with Gasteiger partial charge in [-0.2, -0.15) is 26.3 Å². The number of piperidine rings is 1. The molecule has 230 valence electrons. The van der Waals surface area contributed by atoms with Gasteiger partial charge in [0.25, 0.3) is 5.69 Å². The van der Waals surface area contributed by atoms with Crippen LogP contribution in [0.4, 0.5) is 37.7 Å². The Morgan fingerprint density at radius 3 is 2.19 bits per heavy atom. The van der Waals surface area contributed by atoms with E-state index in [0.29, 0.717) is 50.4 Å². The highest BCUT2D eigenvalue weighted by atomic mass is 32.1. The van der Waals surface area contributed by atoms with E-state index in [4.69, 9.17) is 24.4 Å². The first-order valence-electron chi connectivity index (χ1n) is 13.6. The molecule has 7 nitrogen and oxygen atoms in total. The van der Waals surface area contributed by atoms with Crippen LogP contribution in [0.3, 0.4) is 0 Å². The zero-order valence-corrected chi connectivity index (χ0v) is 24.2. The lowest BCUT2D eigenvalue weighted by Gasteiger charge is -2.39. The Kier molecular flexibility index (Phi) is 10.1. The summed E-state index contributed by atoms with van der Waals surface area (Å²) >= 11 is 11.2. The molecule has 0 aromatic heterocycles. The molecule has 2 saturated heterocycles. The van der Waals surface area contributed by atoms with Crippen molar-refractivity contribution in [1.82, 2.24) is 14.7 Å². The summed E-state index contributed by atoms with van der Waals surface area (Å²) in [5, 5.41) is 14.1. The van der Waals surface area contributed by atoms with E-state index >= 15 is 0 Å². The fourth-order valence-electron chi connectivity index (χ4n) is 5.37. The highest BCUT2D eigenvalue weighted by Gasteiger charge is 2.39. The first-order valence-corrected chi connectivity index (χ1v) is 14.4. The van der Waals surface area contributed by atoms with Crippen LogP contribution in [0, 0.1) is 16.0 Å². The maximum Gasteiger partial charge on any atom is 0.423 e. The Labute approximate surface area is 250 Å². The second-order valence-electron chi connectivity index (χ2n) is 10.6. The lowest BCUT2D eigenvalue weighted by molar-refractivity contribution is -0.388. The van der Waals surface area contributed by atoms with Gasteiger partial charge in [-0.15, -0.1) is 0 Å². The fraction of sp³-hybridized carbons (Fsp3) is 0.556. The molecule has 1 aromatic carbocycles. The minimum atomic E-state index is -4.83. The van der Waals surface area contributed by atoms with Crippen molar-refractivity contribution in [2.45, 2.75) is 44.1 Å². The van der Waals surface area contributed by atoms with E-state index in [0.717, 1.165) is 42.8 Å². The van der Waals surface area contributed by atoms with Crippen molar-refractivity contribution >= 4 is 45.8 Å². The predicted octanol–water partition coefficient (Wildman–Crippen LogP) is 6.22.